The first-order valence-electron chi connectivity index (χ1n) is 12.4. The SMILES string of the molecule is C=C.CCCCCCCCCCCCCCCC(C(C)=O)C(C(C)=O)(C(C)=O)C(=O)OC. The van der Waals surface area contributed by atoms with Gasteiger partial charge in [0.15, 0.2) is 17.0 Å². The van der Waals surface area contributed by atoms with E-state index in [1.165, 1.54) is 78.6 Å². The fourth-order valence-corrected chi connectivity index (χ4v) is 4.42. The molecule has 0 saturated carbocycles. The van der Waals surface area contributed by atoms with Gasteiger partial charge in [0.2, 0.25) is 0 Å². The minimum absolute atomic E-state index is 0.315. The van der Waals surface area contributed by atoms with Crippen LogP contribution in [-0.2, 0) is 23.9 Å². The summed E-state index contributed by atoms with van der Waals surface area (Å²) in [6.07, 6.45) is 16.0. The molecule has 0 bridgehead atoms. The van der Waals surface area contributed by atoms with E-state index in [2.05, 4.69) is 20.1 Å². The summed E-state index contributed by atoms with van der Waals surface area (Å²) in [5.74, 6) is -3.41. The van der Waals surface area contributed by atoms with E-state index in [1.807, 2.05) is 0 Å². The smallest absolute Gasteiger partial charge is 0.327 e. The Labute approximate surface area is 196 Å². The summed E-state index contributed by atoms with van der Waals surface area (Å²) in [5.41, 5.74) is -2.00. The van der Waals surface area contributed by atoms with E-state index >= 15 is 0 Å². The highest BCUT2D eigenvalue weighted by Gasteiger charge is 2.56. The number of carbonyl (C=O) groups excluding carboxylic acids is 4. The van der Waals surface area contributed by atoms with Crippen LogP contribution in [0.5, 0.6) is 0 Å². The van der Waals surface area contributed by atoms with Crippen molar-refractivity contribution in [2.45, 2.75) is 118 Å². The normalized spacial score (nSPS) is 11.8. The van der Waals surface area contributed by atoms with Crippen LogP contribution in [0.25, 0.3) is 0 Å². The number of ketones is 3. The Kier molecular flexibility index (Phi) is 20.1. The van der Waals surface area contributed by atoms with Crippen LogP contribution in [0.15, 0.2) is 13.2 Å². The molecule has 0 saturated heterocycles. The van der Waals surface area contributed by atoms with Crippen molar-refractivity contribution in [3.63, 3.8) is 0 Å². The average molecular weight is 453 g/mol. The van der Waals surface area contributed by atoms with Crippen LogP contribution >= 0.6 is 0 Å². The average Bonchev–Trinajstić information content (AvgIpc) is 2.76. The number of ether oxygens (including phenoxy) is 1. The first kappa shape index (κ1) is 32.4. The fourth-order valence-electron chi connectivity index (χ4n) is 4.42. The molecule has 0 aliphatic heterocycles. The lowest BCUT2D eigenvalue weighted by molar-refractivity contribution is -0.168. The quantitative estimate of drug-likeness (QED) is 0.0930. The Balaban J connectivity index is 0. The molecule has 0 N–H and O–H groups in total. The van der Waals surface area contributed by atoms with Gasteiger partial charge in [-0.15, -0.1) is 13.2 Å². The zero-order chi connectivity index (χ0) is 25.0. The molecule has 0 aromatic rings. The van der Waals surface area contributed by atoms with Gasteiger partial charge in [-0.1, -0.05) is 90.4 Å². The molecule has 5 heteroatoms. The number of esters is 1. The molecule has 0 aliphatic rings. The van der Waals surface area contributed by atoms with E-state index in [4.69, 9.17) is 4.74 Å². The van der Waals surface area contributed by atoms with Gasteiger partial charge in [-0.2, -0.15) is 0 Å². The Morgan fingerprint density at radius 1 is 0.688 bits per heavy atom. The number of rotatable bonds is 19. The van der Waals surface area contributed by atoms with Gasteiger partial charge in [-0.3, -0.25) is 19.2 Å². The van der Waals surface area contributed by atoms with Gasteiger partial charge >= 0.3 is 5.97 Å². The van der Waals surface area contributed by atoms with Gasteiger partial charge in [0.1, 0.15) is 5.78 Å². The molecule has 0 fully saturated rings. The zero-order valence-electron chi connectivity index (χ0n) is 21.4. The van der Waals surface area contributed by atoms with Crippen molar-refractivity contribution < 1.29 is 23.9 Å². The molecule has 0 aromatic heterocycles. The summed E-state index contributed by atoms with van der Waals surface area (Å²) in [6.45, 7) is 12.0. The molecule has 0 aromatic carbocycles. The van der Waals surface area contributed by atoms with Crippen LogP contribution in [0.2, 0.25) is 0 Å². The predicted octanol–water partition coefficient (Wildman–Crippen LogP) is 6.81. The van der Waals surface area contributed by atoms with Gasteiger partial charge in [-0.25, -0.2) is 0 Å². The minimum atomic E-state index is -2.00. The van der Waals surface area contributed by atoms with Crippen LogP contribution < -0.4 is 0 Å². The molecule has 1 unspecified atom stereocenters. The lowest BCUT2D eigenvalue weighted by atomic mass is 9.66. The Morgan fingerprint density at radius 2 is 1.03 bits per heavy atom. The second-order valence-corrected chi connectivity index (χ2v) is 8.61. The maximum absolute atomic E-state index is 12.4. The molecule has 186 valence electrons. The summed E-state index contributed by atoms with van der Waals surface area (Å²) in [7, 11) is 1.14. The monoisotopic (exact) mass is 452 g/mol. The van der Waals surface area contributed by atoms with Crippen molar-refractivity contribution in [2.24, 2.45) is 11.3 Å². The Hall–Kier alpha value is -1.78. The standard InChI is InChI=1S/C25H44O5.C2H4/c1-6-7-8-9-10-11-12-13-14-15-16-17-18-19-23(20(2)26)25(21(3)27,22(4)28)24(29)30-5;1-2/h23H,6-19H2,1-5H3;1-2H2. The van der Waals surface area contributed by atoms with Crippen LogP contribution in [0.3, 0.4) is 0 Å². The van der Waals surface area contributed by atoms with Crippen LogP contribution in [0, 0.1) is 11.3 Å². The van der Waals surface area contributed by atoms with Crippen LogP contribution in [-0.4, -0.2) is 30.4 Å². The van der Waals surface area contributed by atoms with Gasteiger partial charge in [0, 0.05) is 5.92 Å². The summed E-state index contributed by atoms with van der Waals surface area (Å²) in [5, 5.41) is 0. The fraction of sp³-hybridized carbons (Fsp3) is 0.778. The van der Waals surface area contributed by atoms with Crippen molar-refractivity contribution in [3.8, 4) is 0 Å². The van der Waals surface area contributed by atoms with Crippen LogP contribution in [0.1, 0.15) is 118 Å². The lowest BCUT2D eigenvalue weighted by Gasteiger charge is -2.32. The van der Waals surface area contributed by atoms with E-state index in [1.54, 1.807) is 0 Å². The molecule has 0 heterocycles. The van der Waals surface area contributed by atoms with Crippen molar-refractivity contribution >= 4 is 23.3 Å². The summed E-state index contributed by atoms with van der Waals surface area (Å²) < 4.78 is 4.76. The number of hydrogen-bond acceptors (Lipinski definition) is 5. The highest BCUT2D eigenvalue weighted by molar-refractivity contribution is 6.23. The summed E-state index contributed by atoms with van der Waals surface area (Å²) in [4.78, 5) is 49.3. The van der Waals surface area contributed by atoms with Crippen molar-refractivity contribution in [3.05, 3.63) is 13.2 Å². The summed E-state index contributed by atoms with van der Waals surface area (Å²) >= 11 is 0. The maximum Gasteiger partial charge on any atom is 0.327 e. The molecule has 0 amide bonds. The predicted molar refractivity (Wildman–Crippen MR) is 132 cm³/mol. The molecule has 1 atom stereocenters. The molecule has 32 heavy (non-hydrogen) atoms. The Bertz CT molecular complexity index is 538. The van der Waals surface area contributed by atoms with E-state index in [0.29, 0.717) is 12.8 Å². The van der Waals surface area contributed by atoms with Crippen LogP contribution in [0.4, 0.5) is 0 Å². The molecular weight excluding hydrogens is 404 g/mol. The van der Waals surface area contributed by atoms with E-state index in [-0.39, 0.29) is 5.78 Å². The lowest BCUT2D eigenvalue weighted by Crippen LogP contribution is -2.53. The van der Waals surface area contributed by atoms with E-state index in [9.17, 15) is 19.2 Å². The third kappa shape index (κ3) is 11.2. The van der Waals surface area contributed by atoms with E-state index in [0.717, 1.165) is 26.4 Å². The third-order valence-electron chi connectivity index (χ3n) is 6.23. The van der Waals surface area contributed by atoms with Crippen molar-refractivity contribution in [1.29, 1.82) is 0 Å². The first-order valence-corrected chi connectivity index (χ1v) is 12.4. The minimum Gasteiger partial charge on any atom is -0.468 e. The number of hydrogen-bond donors (Lipinski definition) is 0. The maximum atomic E-state index is 12.4. The molecule has 5 nitrogen and oxygen atoms in total. The topological polar surface area (TPSA) is 77.5 Å². The molecule has 0 aliphatic carbocycles. The summed E-state index contributed by atoms with van der Waals surface area (Å²) in [6, 6.07) is 0. The molecular formula is C27H48O5. The van der Waals surface area contributed by atoms with Gasteiger partial charge < -0.3 is 4.74 Å². The number of Topliss-reactive ketones (excluding diaryl/α,β-unsaturated/α-hetero) is 3. The second-order valence-electron chi connectivity index (χ2n) is 8.61. The van der Waals surface area contributed by atoms with Crippen molar-refractivity contribution in [1.82, 2.24) is 0 Å². The number of carbonyl (C=O) groups is 4. The first-order chi connectivity index (χ1) is 15.3. The zero-order valence-corrected chi connectivity index (χ0v) is 21.4. The molecule has 0 radical (unpaired) electrons. The van der Waals surface area contributed by atoms with Gasteiger partial charge in [0.05, 0.1) is 7.11 Å². The number of unbranched alkanes of at least 4 members (excludes halogenated alkanes) is 12. The van der Waals surface area contributed by atoms with Gasteiger partial charge in [0.25, 0.3) is 0 Å². The molecule has 0 rings (SSSR count). The Morgan fingerprint density at radius 3 is 1.31 bits per heavy atom. The van der Waals surface area contributed by atoms with Gasteiger partial charge in [-0.05, 0) is 27.2 Å². The highest BCUT2D eigenvalue weighted by atomic mass is 16.5. The third-order valence-corrected chi connectivity index (χ3v) is 6.23. The number of methoxy groups -OCH3 is 1. The largest absolute Gasteiger partial charge is 0.468 e. The second kappa shape index (κ2) is 19.9. The molecule has 0 spiro atoms. The van der Waals surface area contributed by atoms with E-state index < -0.39 is 28.9 Å². The van der Waals surface area contributed by atoms with Crippen molar-refractivity contribution in [2.75, 3.05) is 7.11 Å². The highest BCUT2D eigenvalue weighted by Crippen LogP contribution is 2.36.